The van der Waals surface area contributed by atoms with E-state index in [1.54, 1.807) is 0 Å². The Morgan fingerprint density at radius 1 is 1.58 bits per heavy atom. The van der Waals surface area contributed by atoms with Crippen LogP contribution in [0.3, 0.4) is 0 Å². The molecule has 0 atom stereocenters. The molecule has 1 amide bonds. The number of rotatable bonds is 1. The van der Waals surface area contributed by atoms with Crippen LogP contribution in [-0.4, -0.2) is 22.7 Å². The van der Waals surface area contributed by atoms with Crippen molar-refractivity contribution in [3.05, 3.63) is 0 Å². The lowest BCUT2D eigenvalue weighted by atomic mass is 9.74. The summed E-state index contributed by atoms with van der Waals surface area (Å²) >= 11 is 0. The SMILES string of the molecule is C#CC1(NC(=O)O)CC(F)(F)C1. The fraction of sp³-hybridized carbons (Fsp3) is 0.571. The second kappa shape index (κ2) is 2.34. The average Bonchev–Trinajstić information content (AvgIpc) is 1.81. The second-order valence-corrected chi connectivity index (χ2v) is 2.87. The smallest absolute Gasteiger partial charge is 0.405 e. The van der Waals surface area contributed by atoms with Gasteiger partial charge in [0.25, 0.3) is 5.92 Å². The van der Waals surface area contributed by atoms with Crippen LogP contribution < -0.4 is 5.32 Å². The zero-order chi connectivity index (χ0) is 9.41. The summed E-state index contributed by atoms with van der Waals surface area (Å²) < 4.78 is 24.7. The molecule has 0 heterocycles. The van der Waals surface area contributed by atoms with Crippen LogP contribution in [0.15, 0.2) is 0 Å². The highest BCUT2D eigenvalue weighted by molar-refractivity contribution is 5.67. The lowest BCUT2D eigenvalue weighted by Crippen LogP contribution is -2.61. The van der Waals surface area contributed by atoms with Crippen LogP contribution in [0, 0.1) is 12.3 Å². The molecule has 1 aliphatic rings. The number of halogens is 2. The van der Waals surface area contributed by atoms with Crippen LogP contribution in [-0.2, 0) is 0 Å². The van der Waals surface area contributed by atoms with Crippen LogP contribution in [0.4, 0.5) is 13.6 Å². The van der Waals surface area contributed by atoms with Gasteiger partial charge in [0.2, 0.25) is 0 Å². The van der Waals surface area contributed by atoms with Gasteiger partial charge in [0.05, 0.1) is 0 Å². The average molecular weight is 175 g/mol. The maximum absolute atomic E-state index is 12.3. The molecule has 0 aromatic heterocycles. The number of hydrogen-bond acceptors (Lipinski definition) is 1. The number of amides is 1. The van der Waals surface area contributed by atoms with Crippen molar-refractivity contribution in [1.82, 2.24) is 5.32 Å². The van der Waals surface area contributed by atoms with Crippen molar-refractivity contribution in [3.8, 4) is 12.3 Å². The topological polar surface area (TPSA) is 49.3 Å². The molecule has 1 fully saturated rings. The molecular formula is C7H7F2NO2. The molecule has 12 heavy (non-hydrogen) atoms. The van der Waals surface area contributed by atoms with Crippen LogP contribution in [0.5, 0.6) is 0 Å². The minimum Gasteiger partial charge on any atom is -0.465 e. The largest absolute Gasteiger partial charge is 0.465 e. The minimum atomic E-state index is -2.82. The molecule has 0 unspecified atom stereocenters. The van der Waals surface area contributed by atoms with E-state index < -0.39 is 30.4 Å². The van der Waals surface area contributed by atoms with Gasteiger partial charge in [-0.15, -0.1) is 6.42 Å². The number of nitrogens with one attached hydrogen (secondary N) is 1. The molecule has 3 nitrogen and oxygen atoms in total. The standard InChI is InChI=1S/C7H7F2NO2/c1-2-6(10-5(11)12)3-7(8,9)4-6/h1,10H,3-4H2,(H,11,12). The monoisotopic (exact) mass is 175 g/mol. The summed E-state index contributed by atoms with van der Waals surface area (Å²) in [5.41, 5.74) is -1.35. The van der Waals surface area contributed by atoms with Gasteiger partial charge in [0, 0.05) is 12.8 Å². The molecule has 1 saturated carbocycles. The van der Waals surface area contributed by atoms with E-state index in [1.807, 2.05) is 11.2 Å². The number of carbonyl (C=O) groups is 1. The second-order valence-electron chi connectivity index (χ2n) is 2.87. The van der Waals surface area contributed by atoms with Crippen molar-refractivity contribution in [2.24, 2.45) is 0 Å². The van der Waals surface area contributed by atoms with Gasteiger partial charge in [-0.3, -0.25) is 0 Å². The summed E-state index contributed by atoms with van der Waals surface area (Å²) in [6, 6.07) is 0. The predicted octanol–water partition coefficient (Wildman–Crippen LogP) is 1.06. The zero-order valence-electron chi connectivity index (χ0n) is 6.10. The van der Waals surface area contributed by atoms with E-state index in [9.17, 15) is 13.6 Å². The van der Waals surface area contributed by atoms with E-state index in [1.165, 1.54) is 0 Å². The fourth-order valence-corrected chi connectivity index (χ4v) is 1.26. The first-order valence-electron chi connectivity index (χ1n) is 3.26. The first-order chi connectivity index (χ1) is 5.39. The molecule has 66 valence electrons. The van der Waals surface area contributed by atoms with E-state index >= 15 is 0 Å². The Labute approximate surface area is 67.8 Å². The first-order valence-corrected chi connectivity index (χ1v) is 3.26. The number of alkyl halides is 2. The molecule has 5 heteroatoms. The third-order valence-electron chi connectivity index (χ3n) is 1.74. The predicted molar refractivity (Wildman–Crippen MR) is 36.9 cm³/mol. The van der Waals surface area contributed by atoms with Crippen molar-refractivity contribution >= 4 is 6.09 Å². The van der Waals surface area contributed by atoms with Gasteiger partial charge in [-0.2, -0.15) is 0 Å². The van der Waals surface area contributed by atoms with Crippen molar-refractivity contribution in [2.45, 2.75) is 24.3 Å². The summed E-state index contributed by atoms with van der Waals surface area (Å²) in [4.78, 5) is 10.1. The number of hydrogen-bond donors (Lipinski definition) is 2. The van der Waals surface area contributed by atoms with Crippen LogP contribution in [0.25, 0.3) is 0 Å². The van der Waals surface area contributed by atoms with Crippen LogP contribution >= 0.6 is 0 Å². The van der Waals surface area contributed by atoms with E-state index in [4.69, 9.17) is 11.5 Å². The molecule has 1 rings (SSSR count). The van der Waals surface area contributed by atoms with Gasteiger partial charge in [-0.25, -0.2) is 13.6 Å². The lowest BCUT2D eigenvalue weighted by Gasteiger charge is -2.43. The maximum Gasteiger partial charge on any atom is 0.405 e. The number of terminal acetylenes is 1. The van der Waals surface area contributed by atoms with Gasteiger partial charge >= 0.3 is 6.09 Å². The van der Waals surface area contributed by atoms with E-state index in [0.717, 1.165) is 0 Å². The molecule has 0 aromatic rings. The van der Waals surface area contributed by atoms with Crippen molar-refractivity contribution < 1.29 is 18.7 Å². The van der Waals surface area contributed by atoms with Gasteiger partial charge in [0.15, 0.2) is 0 Å². The Kier molecular flexibility index (Phi) is 1.71. The van der Waals surface area contributed by atoms with Gasteiger partial charge in [0.1, 0.15) is 5.54 Å². The highest BCUT2D eigenvalue weighted by Crippen LogP contribution is 2.45. The zero-order valence-corrected chi connectivity index (χ0v) is 6.10. The minimum absolute atomic E-state index is 0.608. The molecule has 0 bridgehead atoms. The van der Waals surface area contributed by atoms with Crippen molar-refractivity contribution in [1.29, 1.82) is 0 Å². The lowest BCUT2D eigenvalue weighted by molar-refractivity contribution is -0.112. The summed E-state index contributed by atoms with van der Waals surface area (Å²) in [5, 5.41) is 10.2. The quantitative estimate of drug-likeness (QED) is 0.585. The van der Waals surface area contributed by atoms with E-state index in [-0.39, 0.29) is 0 Å². The Hall–Kier alpha value is -1.31. The Balaban J connectivity index is 2.61. The Morgan fingerprint density at radius 3 is 2.33 bits per heavy atom. The normalized spacial score (nSPS) is 23.4. The third-order valence-corrected chi connectivity index (χ3v) is 1.74. The molecule has 0 aromatic carbocycles. The Morgan fingerprint density at radius 2 is 2.08 bits per heavy atom. The molecule has 0 radical (unpaired) electrons. The van der Waals surface area contributed by atoms with Crippen LogP contribution in [0.2, 0.25) is 0 Å². The molecule has 1 aliphatic carbocycles. The molecule has 2 N–H and O–H groups in total. The molecule has 0 spiro atoms. The van der Waals surface area contributed by atoms with Gasteiger partial charge < -0.3 is 10.4 Å². The van der Waals surface area contributed by atoms with Gasteiger partial charge in [-0.1, -0.05) is 5.92 Å². The van der Waals surface area contributed by atoms with E-state index in [2.05, 4.69) is 0 Å². The van der Waals surface area contributed by atoms with Crippen molar-refractivity contribution in [2.75, 3.05) is 0 Å². The molecule has 0 aliphatic heterocycles. The highest BCUT2D eigenvalue weighted by atomic mass is 19.3. The third kappa shape index (κ3) is 1.47. The first kappa shape index (κ1) is 8.78. The van der Waals surface area contributed by atoms with E-state index in [0.29, 0.717) is 0 Å². The summed E-state index contributed by atoms with van der Waals surface area (Å²) in [6.45, 7) is 0. The molecule has 0 saturated heterocycles. The highest BCUT2D eigenvalue weighted by Gasteiger charge is 2.56. The van der Waals surface area contributed by atoms with Crippen LogP contribution in [0.1, 0.15) is 12.8 Å². The summed E-state index contributed by atoms with van der Waals surface area (Å²) in [7, 11) is 0. The maximum atomic E-state index is 12.3. The number of carboxylic acid groups (broad SMARTS) is 1. The summed E-state index contributed by atoms with van der Waals surface area (Å²) in [6.07, 6.45) is 2.34. The fourth-order valence-electron chi connectivity index (χ4n) is 1.26. The molecular weight excluding hydrogens is 168 g/mol. The Bertz CT molecular complexity index is 249. The summed E-state index contributed by atoms with van der Waals surface area (Å²) in [5.74, 6) is -0.795. The van der Waals surface area contributed by atoms with Gasteiger partial charge in [-0.05, 0) is 0 Å². The van der Waals surface area contributed by atoms with Crippen molar-refractivity contribution in [3.63, 3.8) is 0 Å².